The minimum absolute atomic E-state index is 0.00917. The average Bonchev–Trinajstić information content (AvgIpc) is 3.49. The number of nitrogens with zero attached hydrogens (tertiary/aromatic N) is 3. The van der Waals surface area contributed by atoms with Crippen molar-refractivity contribution in [2.75, 3.05) is 10.6 Å². The highest BCUT2D eigenvalue weighted by Gasteiger charge is 2.42. The number of benzene rings is 3. The van der Waals surface area contributed by atoms with Crippen molar-refractivity contribution in [3.63, 3.8) is 0 Å². The van der Waals surface area contributed by atoms with Crippen LogP contribution in [0.1, 0.15) is 53.7 Å². The van der Waals surface area contributed by atoms with E-state index in [9.17, 15) is 29.1 Å². The highest BCUT2D eigenvalue weighted by molar-refractivity contribution is 6.10. The molecule has 0 saturated carbocycles. The number of para-hydroxylation sites is 2. The topological polar surface area (TPSA) is 158 Å². The lowest BCUT2D eigenvalue weighted by Gasteiger charge is -2.27. The van der Waals surface area contributed by atoms with E-state index in [1.165, 1.54) is 6.20 Å². The molecule has 11 nitrogen and oxygen atoms in total. The molecule has 11 heteroatoms. The SMILES string of the molecule is CC(=N[C@@H](C(=O)O)[C@@H](CC(=O)N1C(=O)CC[C@H]1C(=O)Nc1ccccc1)c1ccccc1)c1ccccc1NC(=O)c1ccccn1. The van der Waals surface area contributed by atoms with Gasteiger partial charge in [0.15, 0.2) is 6.04 Å². The first kappa shape index (κ1) is 32.4. The van der Waals surface area contributed by atoms with Gasteiger partial charge in [-0.3, -0.25) is 34.1 Å². The summed E-state index contributed by atoms with van der Waals surface area (Å²) in [7, 11) is 0. The summed E-state index contributed by atoms with van der Waals surface area (Å²) in [4.78, 5) is 75.2. The van der Waals surface area contributed by atoms with Crippen molar-refractivity contribution in [3.05, 3.63) is 126 Å². The van der Waals surface area contributed by atoms with Crippen LogP contribution in [0.25, 0.3) is 0 Å². The average molecular weight is 632 g/mol. The first-order valence-electron chi connectivity index (χ1n) is 15.1. The molecule has 1 aliphatic rings. The standard InChI is InChI=1S/C36H33N5O6/c1-23(26-16-8-9-17-28(26)40-34(44)29-18-10-11-21-37-29)38-33(36(46)47)27(24-12-4-2-5-13-24)22-32(43)41-30(19-20-31(41)42)35(45)39-25-14-6-3-7-15-25/h2-18,21,27,30,33H,19-20,22H2,1H3,(H,39,45)(H,40,44)(H,46,47)/t27-,30-,33+/m0/s1. The van der Waals surface area contributed by atoms with Gasteiger partial charge in [-0.25, -0.2) is 4.79 Å². The molecule has 1 aliphatic heterocycles. The zero-order valence-corrected chi connectivity index (χ0v) is 25.6. The maximum absolute atomic E-state index is 13.8. The smallest absolute Gasteiger partial charge is 0.329 e. The van der Waals surface area contributed by atoms with Crippen LogP contribution in [0.2, 0.25) is 0 Å². The van der Waals surface area contributed by atoms with E-state index in [4.69, 9.17) is 0 Å². The number of aliphatic carboxylic acids is 1. The molecule has 0 radical (unpaired) electrons. The predicted octanol–water partition coefficient (Wildman–Crippen LogP) is 4.93. The van der Waals surface area contributed by atoms with Gasteiger partial charge in [0.2, 0.25) is 17.7 Å². The number of anilines is 2. The summed E-state index contributed by atoms with van der Waals surface area (Å²) in [6, 6.07) is 26.6. The van der Waals surface area contributed by atoms with Gasteiger partial charge in [0.25, 0.3) is 5.91 Å². The molecule has 0 aliphatic carbocycles. The number of rotatable bonds is 11. The van der Waals surface area contributed by atoms with Gasteiger partial charge in [-0.15, -0.1) is 0 Å². The van der Waals surface area contributed by atoms with Gasteiger partial charge in [-0.1, -0.05) is 72.8 Å². The summed E-state index contributed by atoms with van der Waals surface area (Å²) in [6.07, 6.45) is 1.27. The third-order valence-electron chi connectivity index (χ3n) is 7.88. The minimum Gasteiger partial charge on any atom is -0.480 e. The van der Waals surface area contributed by atoms with Crippen molar-refractivity contribution in [3.8, 4) is 0 Å². The highest BCUT2D eigenvalue weighted by atomic mass is 16.4. The molecule has 3 aromatic carbocycles. The number of nitrogens with one attached hydrogen (secondary N) is 2. The van der Waals surface area contributed by atoms with E-state index in [1.54, 1.807) is 110 Å². The monoisotopic (exact) mass is 631 g/mol. The highest BCUT2D eigenvalue weighted by Crippen LogP contribution is 2.31. The normalized spacial score (nSPS) is 15.9. The van der Waals surface area contributed by atoms with Crippen LogP contribution in [0.3, 0.4) is 0 Å². The predicted molar refractivity (Wildman–Crippen MR) is 176 cm³/mol. The largest absolute Gasteiger partial charge is 0.480 e. The van der Waals surface area contributed by atoms with Crippen molar-refractivity contribution in [1.82, 2.24) is 9.88 Å². The number of aromatic nitrogens is 1. The number of hydrogen-bond donors (Lipinski definition) is 3. The summed E-state index contributed by atoms with van der Waals surface area (Å²) in [5.41, 5.74) is 2.44. The van der Waals surface area contributed by atoms with Crippen LogP contribution in [0.5, 0.6) is 0 Å². The molecule has 2 heterocycles. The van der Waals surface area contributed by atoms with Crippen LogP contribution in [-0.2, 0) is 19.2 Å². The van der Waals surface area contributed by atoms with Crippen molar-refractivity contribution in [2.24, 2.45) is 4.99 Å². The second-order valence-corrected chi connectivity index (χ2v) is 11.0. The Balaban J connectivity index is 1.43. The summed E-state index contributed by atoms with van der Waals surface area (Å²) in [6.45, 7) is 1.62. The number of imide groups is 1. The number of likely N-dealkylation sites (tertiary alicyclic amines) is 1. The molecular weight excluding hydrogens is 598 g/mol. The summed E-state index contributed by atoms with van der Waals surface area (Å²) < 4.78 is 0. The molecule has 1 saturated heterocycles. The van der Waals surface area contributed by atoms with Crippen molar-refractivity contribution in [1.29, 1.82) is 0 Å². The summed E-state index contributed by atoms with van der Waals surface area (Å²) in [5, 5.41) is 16.0. The lowest BCUT2D eigenvalue weighted by Crippen LogP contribution is -2.46. The van der Waals surface area contributed by atoms with Gasteiger partial charge in [0.1, 0.15) is 11.7 Å². The van der Waals surface area contributed by atoms with E-state index in [0.717, 1.165) is 4.90 Å². The third kappa shape index (κ3) is 7.82. The van der Waals surface area contributed by atoms with Gasteiger partial charge >= 0.3 is 5.97 Å². The fourth-order valence-corrected chi connectivity index (χ4v) is 5.58. The summed E-state index contributed by atoms with van der Waals surface area (Å²) >= 11 is 0. The van der Waals surface area contributed by atoms with Crippen LogP contribution in [0.15, 0.2) is 114 Å². The van der Waals surface area contributed by atoms with Crippen molar-refractivity contribution >= 4 is 46.7 Å². The second kappa shape index (κ2) is 14.9. The van der Waals surface area contributed by atoms with E-state index in [1.807, 2.05) is 0 Å². The molecular formula is C36H33N5O6. The molecule has 5 rings (SSSR count). The molecule has 47 heavy (non-hydrogen) atoms. The van der Waals surface area contributed by atoms with Crippen LogP contribution >= 0.6 is 0 Å². The van der Waals surface area contributed by atoms with E-state index in [0.29, 0.717) is 28.2 Å². The lowest BCUT2D eigenvalue weighted by molar-refractivity contribution is -0.147. The minimum atomic E-state index is -1.45. The van der Waals surface area contributed by atoms with E-state index >= 15 is 0 Å². The second-order valence-electron chi connectivity index (χ2n) is 11.0. The number of aliphatic imine (C=N–C) groups is 1. The number of amides is 4. The van der Waals surface area contributed by atoms with E-state index in [-0.39, 0.29) is 18.5 Å². The molecule has 0 bridgehead atoms. The Morgan fingerprint density at radius 1 is 0.894 bits per heavy atom. The fraction of sp³-hybridized carbons (Fsp3) is 0.194. The Labute approximate surface area is 271 Å². The van der Waals surface area contributed by atoms with Crippen molar-refractivity contribution in [2.45, 2.75) is 44.2 Å². The van der Waals surface area contributed by atoms with Crippen LogP contribution in [0.4, 0.5) is 11.4 Å². The number of carbonyl (C=O) groups excluding carboxylic acids is 4. The van der Waals surface area contributed by atoms with Crippen LogP contribution in [0, 0.1) is 0 Å². The Morgan fingerprint density at radius 2 is 1.55 bits per heavy atom. The van der Waals surface area contributed by atoms with Gasteiger partial charge in [-0.2, -0.15) is 0 Å². The Kier molecular flexibility index (Phi) is 10.3. The molecule has 1 aromatic heterocycles. The van der Waals surface area contributed by atoms with Gasteiger partial charge in [-0.05, 0) is 49.2 Å². The lowest BCUT2D eigenvalue weighted by atomic mass is 9.87. The van der Waals surface area contributed by atoms with Gasteiger partial charge < -0.3 is 15.7 Å². The number of carboxylic acids is 1. The quantitative estimate of drug-likeness (QED) is 0.198. The molecule has 4 aromatic rings. The molecule has 4 amide bonds. The molecule has 3 N–H and O–H groups in total. The number of hydrogen-bond acceptors (Lipinski definition) is 7. The fourth-order valence-electron chi connectivity index (χ4n) is 5.58. The van der Waals surface area contributed by atoms with Crippen LogP contribution in [-0.4, -0.2) is 62.4 Å². The van der Waals surface area contributed by atoms with Crippen molar-refractivity contribution < 1.29 is 29.1 Å². The number of carbonyl (C=O) groups is 5. The summed E-state index contributed by atoms with van der Waals surface area (Å²) in [5.74, 6) is -4.39. The zero-order chi connectivity index (χ0) is 33.3. The first-order valence-corrected chi connectivity index (χ1v) is 15.1. The van der Waals surface area contributed by atoms with E-state index < -0.39 is 54.0 Å². The number of carboxylic acid groups (broad SMARTS) is 1. The molecule has 3 atom stereocenters. The Bertz CT molecular complexity index is 1800. The zero-order valence-electron chi connectivity index (χ0n) is 25.6. The van der Waals surface area contributed by atoms with Gasteiger partial charge in [0.05, 0.1) is 5.69 Å². The number of pyridine rings is 1. The molecule has 238 valence electrons. The molecule has 0 spiro atoms. The maximum Gasteiger partial charge on any atom is 0.329 e. The Morgan fingerprint density at radius 3 is 2.23 bits per heavy atom. The maximum atomic E-state index is 13.8. The molecule has 0 unspecified atom stereocenters. The van der Waals surface area contributed by atoms with Gasteiger partial charge in [0, 0.05) is 41.9 Å². The Hall–Kier alpha value is -5.97. The van der Waals surface area contributed by atoms with Crippen LogP contribution < -0.4 is 10.6 Å². The van der Waals surface area contributed by atoms with E-state index in [2.05, 4.69) is 20.6 Å². The molecule has 1 fully saturated rings. The first-order chi connectivity index (χ1) is 22.7. The third-order valence-corrected chi connectivity index (χ3v) is 7.88.